The summed E-state index contributed by atoms with van der Waals surface area (Å²) in [5.74, 6) is 0.895. The molecule has 2 N–H and O–H groups in total. The van der Waals surface area contributed by atoms with Gasteiger partial charge >= 0.3 is 0 Å². The minimum Gasteiger partial charge on any atom is -0.370 e. The molecule has 0 aromatic carbocycles. The number of ether oxygens (including phenoxy) is 1. The fourth-order valence-corrected chi connectivity index (χ4v) is 5.46. The lowest BCUT2D eigenvalue weighted by molar-refractivity contribution is -0.134. The van der Waals surface area contributed by atoms with E-state index in [4.69, 9.17) is 4.74 Å². The molecule has 0 spiro atoms. The minimum atomic E-state index is -0.589. The molecular weight excluding hydrogens is 366 g/mol. The highest BCUT2D eigenvalue weighted by molar-refractivity contribution is 5.94. The van der Waals surface area contributed by atoms with Gasteiger partial charge in [0.05, 0.1) is 24.9 Å². The van der Waals surface area contributed by atoms with Crippen molar-refractivity contribution >= 4 is 11.7 Å². The number of carbonyl (C=O) groups excluding carboxylic acids is 2. The molecule has 29 heavy (non-hydrogen) atoms. The standard InChI is InChI=1S/C23H41N3O3/c1-18-11-12-20(21(27)16-26(18)15-19-9-5-3-6-10-19)25-22(28)23(24-17-29-2)13-7-4-8-14-23/h18-20,24H,3-17H2,1-2H3,(H,25,28)/t18-,20+/m1/s1. The Balaban J connectivity index is 1.60. The molecule has 0 aromatic rings. The lowest BCUT2D eigenvalue weighted by Gasteiger charge is -2.37. The van der Waals surface area contributed by atoms with E-state index in [-0.39, 0.29) is 17.7 Å². The monoisotopic (exact) mass is 407 g/mol. The van der Waals surface area contributed by atoms with Crippen molar-refractivity contribution in [3.05, 3.63) is 0 Å². The van der Waals surface area contributed by atoms with Crippen LogP contribution in [0.2, 0.25) is 0 Å². The number of carbonyl (C=O) groups is 2. The number of rotatable bonds is 7. The van der Waals surface area contributed by atoms with Crippen molar-refractivity contribution in [2.24, 2.45) is 5.92 Å². The van der Waals surface area contributed by atoms with Crippen LogP contribution >= 0.6 is 0 Å². The van der Waals surface area contributed by atoms with E-state index in [1.165, 1.54) is 38.5 Å². The summed E-state index contributed by atoms with van der Waals surface area (Å²) < 4.78 is 5.19. The Morgan fingerprint density at radius 1 is 1.07 bits per heavy atom. The van der Waals surface area contributed by atoms with Crippen molar-refractivity contribution in [3.8, 4) is 0 Å². The van der Waals surface area contributed by atoms with Crippen molar-refractivity contribution in [2.45, 2.75) is 102 Å². The summed E-state index contributed by atoms with van der Waals surface area (Å²) in [5, 5.41) is 6.46. The molecule has 2 atom stereocenters. The molecule has 1 saturated heterocycles. The smallest absolute Gasteiger partial charge is 0.240 e. The summed E-state index contributed by atoms with van der Waals surface area (Å²) >= 11 is 0. The maximum absolute atomic E-state index is 13.2. The van der Waals surface area contributed by atoms with Gasteiger partial charge in [0, 0.05) is 19.7 Å². The molecule has 3 fully saturated rings. The van der Waals surface area contributed by atoms with E-state index in [0.717, 1.165) is 51.0 Å². The Kier molecular flexibility index (Phi) is 8.51. The predicted molar refractivity (Wildman–Crippen MR) is 115 cm³/mol. The first kappa shape index (κ1) is 22.7. The third-order valence-corrected chi connectivity index (χ3v) is 7.46. The third-order valence-electron chi connectivity index (χ3n) is 7.46. The average Bonchev–Trinajstić information content (AvgIpc) is 2.87. The largest absolute Gasteiger partial charge is 0.370 e. The zero-order chi connectivity index (χ0) is 20.7. The first-order valence-corrected chi connectivity index (χ1v) is 11.9. The van der Waals surface area contributed by atoms with Crippen molar-refractivity contribution < 1.29 is 14.3 Å². The molecule has 0 radical (unpaired) electrons. The molecule has 3 aliphatic rings. The summed E-state index contributed by atoms with van der Waals surface area (Å²) in [6.07, 6.45) is 13.2. The van der Waals surface area contributed by atoms with Crippen LogP contribution in [0.3, 0.4) is 0 Å². The molecule has 0 aromatic heterocycles. The predicted octanol–water partition coefficient (Wildman–Crippen LogP) is 3.00. The van der Waals surface area contributed by atoms with Gasteiger partial charge in [-0.1, -0.05) is 38.5 Å². The molecule has 0 unspecified atom stereocenters. The van der Waals surface area contributed by atoms with Crippen LogP contribution in [0.1, 0.15) is 84.0 Å². The maximum Gasteiger partial charge on any atom is 0.240 e. The van der Waals surface area contributed by atoms with Crippen LogP contribution < -0.4 is 10.6 Å². The SMILES string of the molecule is COCNC1(C(=O)N[C@H]2CC[C@@H](C)N(CC3CCCCC3)CC2=O)CCCCC1. The fraction of sp³-hybridized carbons (Fsp3) is 0.913. The van der Waals surface area contributed by atoms with Gasteiger partial charge in [0.1, 0.15) is 0 Å². The summed E-state index contributed by atoms with van der Waals surface area (Å²) in [6, 6.07) is 0.0440. The van der Waals surface area contributed by atoms with Gasteiger partial charge in [0.25, 0.3) is 0 Å². The second-order valence-corrected chi connectivity index (χ2v) is 9.60. The summed E-state index contributed by atoms with van der Waals surface area (Å²) in [6.45, 7) is 4.11. The van der Waals surface area contributed by atoms with Crippen LogP contribution in [0.4, 0.5) is 0 Å². The molecule has 166 valence electrons. The number of methoxy groups -OCH3 is 1. The van der Waals surface area contributed by atoms with Gasteiger partial charge in [-0.15, -0.1) is 0 Å². The van der Waals surface area contributed by atoms with Crippen LogP contribution in [0.15, 0.2) is 0 Å². The first-order valence-electron chi connectivity index (χ1n) is 11.9. The van der Waals surface area contributed by atoms with Gasteiger partial charge in [-0.05, 0) is 51.4 Å². The Morgan fingerprint density at radius 3 is 2.45 bits per heavy atom. The Morgan fingerprint density at radius 2 is 1.76 bits per heavy atom. The van der Waals surface area contributed by atoms with Crippen LogP contribution in [-0.2, 0) is 14.3 Å². The molecular formula is C23H41N3O3. The molecule has 2 saturated carbocycles. The maximum atomic E-state index is 13.2. The van der Waals surface area contributed by atoms with Crippen LogP contribution in [-0.4, -0.2) is 61.1 Å². The van der Waals surface area contributed by atoms with E-state index in [1.54, 1.807) is 7.11 Å². The summed E-state index contributed by atoms with van der Waals surface area (Å²) in [5.41, 5.74) is -0.589. The Labute approximate surface area is 176 Å². The highest BCUT2D eigenvalue weighted by Crippen LogP contribution is 2.30. The first-order chi connectivity index (χ1) is 14.0. The van der Waals surface area contributed by atoms with Gasteiger partial charge in [-0.25, -0.2) is 0 Å². The third kappa shape index (κ3) is 6.02. The highest BCUT2D eigenvalue weighted by Gasteiger charge is 2.41. The molecule has 1 aliphatic heterocycles. The van der Waals surface area contributed by atoms with E-state index in [1.807, 2.05) is 0 Å². The minimum absolute atomic E-state index is 0.0130. The van der Waals surface area contributed by atoms with Gasteiger partial charge in [-0.3, -0.25) is 19.8 Å². The van der Waals surface area contributed by atoms with Crippen molar-refractivity contribution in [2.75, 3.05) is 26.9 Å². The lowest BCUT2D eigenvalue weighted by atomic mass is 9.80. The van der Waals surface area contributed by atoms with E-state index >= 15 is 0 Å². The number of Topliss-reactive ketones (excluding diaryl/α,β-unsaturated/α-hetero) is 1. The number of ketones is 1. The fourth-order valence-electron chi connectivity index (χ4n) is 5.46. The van der Waals surface area contributed by atoms with Crippen LogP contribution in [0.5, 0.6) is 0 Å². The number of hydrogen-bond donors (Lipinski definition) is 2. The molecule has 2 aliphatic carbocycles. The number of nitrogens with one attached hydrogen (secondary N) is 2. The average molecular weight is 408 g/mol. The van der Waals surface area contributed by atoms with E-state index in [2.05, 4.69) is 22.5 Å². The molecule has 6 heteroatoms. The van der Waals surface area contributed by atoms with Crippen molar-refractivity contribution in [1.82, 2.24) is 15.5 Å². The second kappa shape index (κ2) is 10.9. The number of likely N-dealkylation sites (tertiary alicyclic amines) is 1. The normalized spacial score (nSPS) is 29.4. The highest BCUT2D eigenvalue weighted by atomic mass is 16.5. The number of hydrogen-bond acceptors (Lipinski definition) is 5. The molecule has 1 heterocycles. The summed E-state index contributed by atoms with van der Waals surface area (Å²) in [7, 11) is 1.64. The quantitative estimate of drug-likeness (QED) is 0.635. The molecule has 6 nitrogen and oxygen atoms in total. The van der Waals surface area contributed by atoms with Gasteiger partial charge < -0.3 is 10.1 Å². The van der Waals surface area contributed by atoms with Crippen LogP contribution in [0.25, 0.3) is 0 Å². The van der Waals surface area contributed by atoms with Crippen molar-refractivity contribution in [3.63, 3.8) is 0 Å². The van der Waals surface area contributed by atoms with Gasteiger partial charge in [-0.2, -0.15) is 0 Å². The number of nitrogens with zero attached hydrogens (tertiary/aromatic N) is 1. The second-order valence-electron chi connectivity index (χ2n) is 9.60. The Bertz CT molecular complexity index is 541. The lowest BCUT2D eigenvalue weighted by Crippen LogP contribution is -2.61. The van der Waals surface area contributed by atoms with E-state index < -0.39 is 5.54 Å². The zero-order valence-corrected chi connectivity index (χ0v) is 18.5. The van der Waals surface area contributed by atoms with Gasteiger partial charge in [0.15, 0.2) is 5.78 Å². The Hall–Kier alpha value is -0.980. The topological polar surface area (TPSA) is 70.7 Å². The van der Waals surface area contributed by atoms with Gasteiger partial charge in [0.2, 0.25) is 5.91 Å². The molecule has 0 bridgehead atoms. The van der Waals surface area contributed by atoms with Crippen molar-refractivity contribution in [1.29, 1.82) is 0 Å². The molecule has 1 amide bonds. The summed E-state index contributed by atoms with van der Waals surface area (Å²) in [4.78, 5) is 28.7. The van der Waals surface area contributed by atoms with E-state index in [9.17, 15) is 9.59 Å². The van der Waals surface area contributed by atoms with E-state index in [0.29, 0.717) is 19.3 Å². The zero-order valence-electron chi connectivity index (χ0n) is 18.5. The molecule has 3 rings (SSSR count). The number of amides is 1. The van der Waals surface area contributed by atoms with Crippen LogP contribution in [0, 0.1) is 5.92 Å².